The lowest BCUT2D eigenvalue weighted by atomic mass is 9.31. The van der Waals surface area contributed by atoms with Crippen LogP contribution in [0.1, 0.15) is 113 Å². The third kappa shape index (κ3) is 2.87. The third-order valence-corrected chi connectivity index (χ3v) is 13.3. The molecule has 5 fully saturated rings. The minimum Gasteiger partial charge on any atom is -0.299 e. The van der Waals surface area contributed by atoms with Gasteiger partial charge in [0.05, 0.1) is 6.07 Å². The van der Waals surface area contributed by atoms with Crippen LogP contribution in [0, 0.1) is 73.4 Å². The fraction of sp³-hybridized carbons (Fsp3) is 0.903. The summed E-state index contributed by atoms with van der Waals surface area (Å²) in [5, 5.41) is 9.92. The predicted molar refractivity (Wildman–Crippen MR) is 135 cm³/mol. The number of rotatable bonds is 0. The fourth-order valence-corrected chi connectivity index (χ4v) is 11.1. The molecule has 5 aliphatic carbocycles. The van der Waals surface area contributed by atoms with E-state index in [9.17, 15) is 14.9 Å². The maximum atomic E-state index is 14.3. The van der Waals surface area contributed by atoms with E-state index in [1.54, 1.807) is 0 Å². The van der Waals surface area contributed by atoms with E-state index in [1.807, 2.05) is 0 Å². The minimum atomic E-state index is -0.534. The Bertz CT molecular complexity index is 972. The maximum Gasteiger partial charge on any atom is 0.155 e. The fourth-order valence-electron chi connectivity index (χ4n) is 11.1. The van der Waals surface area contributed by atoms with Gasteiger partial charge in [-0.25, -0.2) is 0 Å². The number of nitrogens with zero attached hydrogens (tertiary/aromatic N) is 1. The second-order valence-electron chi connectivity index (χ2n) is 15.7. The molecule has 0 aromatic rings. The Morgan fingerprint density at radius 1 is 0.794 bits per heavy atom. The highest BCUT2D eigenvalue weighted by atomic mass is 16.1. The molecule has 0 spiro atoms. The number of Topliss-reactive ketones (excluding diaryl/α,β-unsaturated/α-hetero) is 2. The van der Waals surface area contributed by atoms with Crippen molar-refractivity contribution in [1.29, 1.82) is 5.26 Å². The average Bonchev–Trinajstić information content (AvgIpc) is 2.74. The van der Waals surface area contributed by atoms with Crippen molar-refractivity contribution < 1.29 is 9.59 Å². The summed E-state index contributed by atoms with van der Waals surface area (Å²) >= 11 is 0. The largest absolute Gasteiger partial charge is 0.299 e. The quantitative estimate of drug-likeness (QED) is 0.375. The molecule has 0 N–H and O–H groups in total. The van der Waals surface area contributed by atoms with Gasteiger partial charge < -0.3 is 0 Å². The molecular formula is C31H47NO2. The number of carbonyl (C=O) groups is 2. The molecule has 3 nitrogen and oxygen atoms in total. The van der Waals surface area contributed by atoms with E-state index in [1.165, 1.54) is 25.7 Å². The molecule has 0 amide bonds. The summed E-state index contributed by atoms with van der Waals surface area (Å²) in [7, 11) is 0. The molecule has 0 saturated heterocycles. The van der Waals surface area contributed by atoms with Gasteiger partial charge in [0.15, 0.2) is 5.78 Å². The average molecular weight is 466 g/mol. The van der Waals surface area contributed by atoms with Crippen LogP contribution < -0.4 is 0 Å². The van der Waals surface area contributed by atoms with Crippen molar-refractivity contribution in [2.45, 2.75) is 113 Å². The van der Waals surface area contributed by atoms with Gasteiger partial charge in [-0.05, 0) is 96.2 Å². The Kier molecular flexibility index (Phi) is 5.03. The Morgan fingerprint density at radius 3 is 2.09 bits per heavy atom. The molecular weight excluding hydrogens is 418 g/mol. The first-order valence-corrected chi connectivity index (χ1v) is 14.0. The summed E-state index contributed by atoms with van der Waals surface area (Å²) in [6.07, 6.45) is 9.53. The van der Waals surface area contributed by atoms with Crippen molar-refractivity contribution in [2.75, 3.05) is 0 Å². The second-order valence-corrected chi connectivity index (χ2v) is 15.7. The molecule has 0 radical (unpaired) electrons. The Hall–Kier alpha value is -1.17. The zero-order valence-corrected chi connectivity index (χ0v) is 23.0. The Balaban J connectivity index is 1.60. The third-order valence-electron chi connectivity index (χ3n) is 13.3. The lowest BCUT2D eigenvalue weighted by Crippen LogP contribution is -2.69. The minimum absolute atomic E-state index is 0.00627. The summed E-state index contributed by atoms with van der Waals surface area (Å²) < 4.78 is 0. The summed E-state index contributed by atoms with van der Waals surface area (Å²) in [5.74, 6) is 1.27. The van der Waals surface area contributed by atoms with Crippen LogP contribution in [0.25, 0.3) is 0 Å². The highest BCUT2D eigenvalue weighted by Crippen LogP contribution is 2.76. The van der Waals surface area contributed by atoms with Crippen molar-refractivity contribution in [3.63, 3.8) is 0 Å². The molecule has 0 heterocycles. The smallest absolute Gasteiger partial charge is 0.155 e. The molecule has 188 valence electrons. The van der Waals surface area contributed by atoms with E-state index in [0.717, 1.165) is 19.3 Å². The summed E-state index contributed by atoms with van der Waals surface area (Å²) in [6.45, 7) is 18.8. The summed E-state index contributed by atoms with van der Waals surface area (Å²) in [5.41, 5.74) is 0.0698. The predicted octanol–water partition coefficient (Wildman–Crippen LogP) is 7.39. The first kappa shape index (κ1) is 24.5. The molecule has 0 aromatic heterocycles. The van der Waals surface area contributed by atoms with E-state index >= 15 is 0 Å². The zero-order chi connectivity index (χ0) is 25.1. The second kappa shape index (κ2) is 6.98. The van der Waals surface area contributed by atoms with Crippen molar-refractivity contribution in [1.82, 2.24) is 0 Å². The lowest BCUT2D eigenvalue weighted by Gasteiger charge is -2.72. The Labute approximate surface area is 207 Å². The monoisotopic (exact) mass is 465 g/mol. The van der Waals surface area contributed by atoms with Crippen LogP contribution >= 0.6 is 0 Å². The SMILES string of the molecule is CC1(C)CC[C@]2(C)CC[C@]3(C)[C@H](C(=O)C[C@@H]4[C@@]5(C)CC(C#N)C(=O)C(C)(C)C5CC[C@]43C)[C@H]2C1. The number of nitriles is 1. The van der Waals surface area contributed by atoms with Gasteiger partial charge in [-0.2, -0.15) is 5.26 Å². The van der Waals surface area contributed by atoms with E-state index in [4.69, 9.17) is 0 Å². The van der Waals surface area contributed by atoms with E-state index < -0.39 is 11.3 Å². The maximum absolute atomic E-state index is 14.3. The molecule has 3 heteroatoms. The number of fused-ring (bicyclic) bond motifs is 7. The van der Waals surface area contributed by atoms with Crippen molar-refractivity contribution in [3.8, 4) is 6.07 Å². The van der Waals surface area contributed by atoms with Crippen LogP contribution in [0.4, 0.5) is 0 Å². The van der Waals surface area contributed by atoms with Gasteiger partial charge in [-0.15, -0.1) is 0 Å². The van der Waals surface area contributed by atoms with E-state index in [0.29, 0.717) is 35.4 Å². The normalized spacial score (nSPS) is 53.6. The first-order chi connectivity index (χ1) is 15.6. The van der Waals surface area contributed by atoms with Gasteiger partial charge in [-0.3, -0.25) is 9.59 Å². The summed E-state index contributed by atoms with van der Waals surface area (Å²) in [6, 6.07) is 2.37. The van der Waals surface area contributed by atoms with Crippen LogP contribution in [0.3, 0.4) is 0 Å². The van der Waals surface area contributed by atoms with Gasteiger partial charge >= 0.3 is 0 Å². The Morgan fingerprint density at radius 2 is 1.44 bits per heavy atom. The number of hydrogen-bond donors (Lipinski definition) is 0. The van der Waals surface area contributed by atoms with Crippen LogP contribution in [0.2, 0.25) is 0 Å². The van der Waals surface area contributed by atoms with Crippen LogP contribution in [0.5, 0.6) is 0 Å². The highest BCUT2D eigenvalue weighted by Gasteiger charge is 2.72. The van der Waals surface area contributed by atoms with Crippen molar-refractivity contribution in [2.24, 2.45) is 62.1 Å². The van der Waals surface area contributed by atoms with E-state index in [-0.39, 0.29) is 39.8 Å². The molecule has 0 aliphatic heterocycles. The molecule has 2 unspecified atom stereocenters. The van der Waals surface area contributed by atoms with Crippen molar-refractivity contribution >= 4 is 11.6 Å². The molecule has 0 aromatic carbocycles. The highest BCUT2D eigenvalue weighted by molar-refractivity contribution is 5.90. The van der Waals surface area contributed by atoms with Gasteiger partial charge in [0.2, 0.25) is 0 Å². The standard InChI is InChI=1S/C31H47NO2/c1-26(2)11-12-28(5)13-14-31(8)24(20(28)17-26)21(33)15-23-29(6)16-19(18-32)25(34)27(3,4)22(29)9-10-30(23,31)7/h19-20,22-24H,9-17H2,1-8H3/t19?,20-,22?,23-,24+,28-,29+,30-,31-/m1/s1. The molecule has 9 atom stereocenters. The molecule has 34 heavy (non-hydrogen) atoms. The van der Waals surface area contributed by atoms with Crippen LogP contribution in [-0.4, -0.2) is 11.6 Å². The van der Waals surface area contributed by atoms with E-state index in [2.05, 4.69) is 61.5 Å². The topological polar surface area (TPSA) is 57.9 Å². The molecule has 5 saturated carbocycles. The zero-order valence-electron chi connectivity index (χ0n) is 23.0. The van der Waals surface area contributed by atoms with Gasteiger partial charge in [0.1, 0.15) is 11.7 Å². The number of ketones is 2. The van der Waals surface area contributed by atoms with Crippen molar-refractivity contribution in [3.05, 3.63) is 0 Å². The van der Waals surface area contributed by atoms with Crippen LogP contribution in [0.15, 0.2) is 0 Å². The molecule has 5 aliphatic rings. The summed E-state index contributed by atoms with van der Waals surface area (Å²) in [4.78, 5) is 27.5. The first-order valence-electron chi connectivity index (χ1n) is 14.0. The molecule has 0 bridgehead atoms. The van der Waals surface area contributed by atoms with Gasteiger partial charge in [0.25, 0.3) is 0 Å². The number of carbonyl (C=O) groups excluding carboxylic acids is 2. The van der Waals surface area contributed by atoms with Crippen LogP contribution in [-0.2, 0) is 9.59 Å². The number of hydrogen-bond acceptors (Lipinski definition) is 3. The molecule has 5 rings (SSSR count). The van der Waals surface area contributed by atoms with Gasteiger partial charge in [-0.1, -0.05) is 55.4 Å². The lowest BCUT2D eigenvalue weighted by molar-refractivity contribution is -0.234. The van der Waals surface area contributed by atoms with Gasteiger partial charge in [0, 0.05) is 17.8 Å².